The molecule has 1 fully saturated rings. The molecule has 0 bridgehead atoms. The largest absolute Gasteiger partial charge is 0.490 e. The van der Waals surface area contributed by atoms with Gasteiger partial charge in [-0.1, -0.05) is 18.2 Å². The highest BCUT2D eigenvalue weighted by atomic mass is 35.5. The Balaban J connectivity index is 0.000000980. The Morgan fingerprint density at radius 3 is 2.57 bits per heavy atom. The van der Waals surface area contributed by atoms with Crippen LogP contribution in [0.5, 0.6) is 5.75 Å². The molecule has 1 aromatic rings. The molecule has 3 heteroatoms. The topological polar surface area (TPSA) is 35.2 Å². The minimum Gasteiger partial charge on any atom is -0.490 e. The molecule has 2 nitrogen and oxygen atoms in total. The van der Waals surface area contributed by atoms with Crippen molar-refractivity contribution in [2.75, 3.05) is 0 Å². The SMILES string of the molecule is Cl.NCc1ccccc1OC1CCC1. The van der Waals surface area contributed by atoms with Gasteiger partial charge in [-0.05, 0) is 25.3 Å². The highest BCUT2D eigenvalue weighted by molar-refractivity contribution is 5.85. The molecule has 2 rings (SSSR count). The van der Waals surface area contributed by atoms with Crippen LogP contribution in [0.1, 0.15) is 24.8 Å². The maximum atomic E-state index is 5.79. The Labute approximate surface area is 90.9 Å². The van der Waals surface area contributed by atoms with Gasteiger partial charge in [-0.3, -0.25) is 0 Å². The van der Waals surface area contributed by atoms with Crippen LogP contribution in [0.3, 0.4) is 0 Å². The zero-order valence-corrected chi connectivity index (χ0v) is 8.93. The fourth-order valence-electron chi connectivity index (χ4n) is 1.46. The number of hydrogen-bond donors (Lipinski definition) is 1. The van der Waals surface area contributed by atoms with Crippen molar-refractivity contribution in [2.24, 2.45) is 5.73 Å². The summed E-state index contributed by atoms with van der Waals surface area (Å²) in [6.07, 6.45) is 4.13. The van der Waals surface area contributed by atoms with Gasteiger partial charge >= 0.3 is 0 Å². The van der Waals surface area contributed by atoms with E-state index in [1.54, 1.807) is 0 Å². The lowest BCUT2D eigenvalue weighted by Gasteiger charge is -2.27. The number of nitrogens with two attached hydrogens (primary N) is 1. The first-order valence-electron chi connectivity index (χ1n) is 4.85. The van der Waals surface area contributed by atoms with E-state index in [2.05, 4.69) is 0 Å². The van der Waals surface area contributed by atoms with Gasteiger partial charge in [0.25, 0.3) is 0 Å². The molecule has 0 spiro atoms. The van der Waals surface area contributed by atoms with Crippen molar-refractivity contribution < 1.29 is 4.74 Å². The first-order valence-corrected chi connectivity index (χ1v) is 4.85. The molecular formula is C11H16ClNO. The molecule has 1 aliphatic carbocycles. The number of halogens is 1. The molecule has 0 amide bonds. The molecule has 0 heterocycles. The van der Waals surface area contributed by atoms with E-state index in [1.807, 2.05) is 24.3 Å². The standard InChI is InChI=1S/C11H15NO.ClH/c12-8-9-4-1-2-7-11(9)13-10-5-3-6-10;/h1-2,4,7,10H,3,5-6,8,12H2;1H. The first-order chi connectivity index (χ1) is 6.40. The van der Waals surface area contributed by atoms with Gasteiger partial charge in [-0.25, -0.2) is 0 Å². The summed E-state index contributed by atoms with van der Waals surface area (Å²) in [5.74, 6) is 0.967. The third kappa shape index (κ3) is 2.40. The zero-order valence-electron chi connectivity index (χ0n) is 8.11. The summed E-state index contributed by atoms with van der Waals surface area (Å²) in [4.78, 5) is 0. The Hall–Kier alpha value is -0.730. The van der Waals surface area contributed by atoms with Gasteiger partial charge < -0.3 is 10.5 Å². The summed E-state index contributed by atoms with van der Waals surface area (Å²) >= 11 is 0. The van der Waals surface area contributed by atoms with Crippen LogP contribution in [0, 0.1) is 0 Å². The van der Waals surface area contributed by atoms with Crippen molar-refractivity contribution in [3.63, 3.8) is 0 Å². The highest BCUT2D eigenvalue weighted by Gasteiger charge is 2.19. The lowest BCUT2D eigenvalue weighted by Crippen LogP contribution is -2.25. The summed E-state index contributed by atoms with van der Waals surface area (Å²) in [7, 11) is 0. The van der Waals surface area contributed by atoms with Crippen molar-refractivity contribution in [3.05, 3.63) is 29.8 Å². The second-order valence-corrected chi connectivity index (χ2v) is 3.48. The van der Waals surface area contributed by atoms with Crippen LogP contribution >= 0.6 is 12.4 Å². The van der Waals surface area contributed by atoms with Crippen molar-refractivity contribution >= 4 is 12.4 Å². The molecule has 0 atom stereocenters. The third-order valence-corrected chi connectivity index (χ3v) is 2.54. The summed E-state index contributed by atoms with van der Waals surface area (Å²) in [5, 5.41) is 0. The molecule has 2 N–H and O–H groups in total. The summed E-state index contributed by atoms with van der Waals surface area (Å²) in [6.45, 7) is 0.558. The lowest BCUT2D eigenvalue weighted by molar-refractivity contribution is 0.119. The molecule has 0 unspecified atom stereocenters. The summed E-state index contributed by atoms with van der Waals surface area (Å²) in [5.41, 5.74) is 6.71. The maximum Gasteiger partial charge on any atom is 0.124 e. The van der Waals surface area contributed by atoms with Crippen molar-refractivity contribution in [3.8, 4) is 5.75 Å². The molecular weight excluding hydrogens is 198 g/mol. The van der Waals surface area contributed by atoms with Gasteiger partial charge in [0.2, 0.25) is 0 Å². The number of para-hydroxylation sites is 1. The van der Waals surface area contributed by atoms with Crippen LogP contribution in [0.4, 0.5) is 0 Å². The van der Waals surface area contributed by atoms with Gasteiger partial charge in [0, 0.05) is 12.1 Å². The Bertz CT molecular complexity index is 286. The average Bonchev–Trinajstić information content (AvgIpc) is 2.12. The molecule has 0 aromatic heterocycles. The number of benzene rings is 1. The van der Waals surface area contributed by atoms with Gasteiger partial charge in [-0.2, -0.15) is 0 Å². The number of ether oxygens (including phenoxy) is 1. The van der Waals surface area contributed by atoms with E-state index >= 15 is 0 Å². The fraction of sp³-hybridized carbons (Fsp3) is 0.455. The fourth-order valence-corrected chi connectivity index (χ4v) is 1.46. The van der Waals surface area contributed by atoms with Crippen molar-refractivity contribution in [2.45, 2.75) is 31.9 Å². The van der Waals surface area contributed by atoms with Crippen LogP contribution in [0.25, 0.3) is 0 Å². The Morgan fingerprint density at radius 1 is 1.29 bits per heavy atom. The quantitative estimate of drug-likeness (QED) is 0.838. The molecule has 1 aliphatic rings. The minimum absolute atomic E-state index is 0. The molecule has 78 valence electrons. The van der Waals surface area contributed by atoms with Crippen molar-refractivity contribution in [1.29, 1.82) is 0 Å². The lowest BCUT2D eigenvalue weighted by atomic mass is 9.96. The van der Waals surface area contributed by atoms with E-state index < -0.39 is 0 Å². The van der Waals surface area contributed by atoms with Crippen LogP contribution in [-0.4, -0.2) is 6.10 Å². The monoisotopic (exact) mass is 213 g/mol. The normalized spacial score (nSPS) is 15.5. The number of hydrogen-bond acceptors (Lipinski definition) is 2. The smallest absolute Gasteiger partial charge is 0.124 e. The van der Waals surface area contributed by atoms with E-state index in [1.165, 1.54) is 19.3 Å². The number of rotatable bonds is 3. The van der Waals surface area contributed by atoms with E-state index in [-0.39, 0.29) is 12.4 Å². The minimum atomic E-state index is 0. The van der Waals surface area contributed by atoms with Crippen molar-refractivity contribution in [1.82, 2.24) is 0 Å². The molecule has 1 aromatic carbocycles. The Kier molecular flexibility index (Phi) is 4.23. The average molecular weight is 214 g/mol. The summed E-state index contributed by atoms with van der Waals surface area (Å²) in [6, 6.07) is 8.01. The molecule has 0 saturated heterocycles. The Morgan fingerprint density at radius 2 is 2.00 bits per heavy atom. The first kappa shape index (κ1) is 11.3. The highest BCUT2D eigenvalue weighted by Crippen LogP contribution is 2.27. The van der Waals surface area contributed by atoms with E-state index in [4.69, 9.17) is 10.5 Å². The van der Waals surface area contributed by atoms with Crippen LogP contribution in [0.15, 0.2) is 24.3 Å². The van der Waals surface area contributed by atoms with Gasteiger partial charge in [0.05, 0.1) is 6.10 Å². The zero-order chi connectivity index (χ0) is 9.10. The molecule has 14 heavy (non-hydrogen) atoms. The molecule has 0 radical (unpaired) electrons. The van der Waals surface area contributed by atoms with Gasteiger partial charge in [0.1, 0.15) is 5.75 Å². The van der Waals surface area contributed by atoms with E-state index in [0.29, 0.717) is 12.6 Å². The van der Waals surface area contributed by atoms with Gasteiger partial charge in [0.15, 0.2) is 0 Å². The predicted molar refractivity (Wildman–Crippen MR) is 59.8 cm³/mol. The van der Waals surface area contributed by atoms with E-state index in [0.717, 1.165) is 11.3 Å². The third-order valence-electron chi connectivity index (χ3n) is 2.54. The van der Waals surface area contributed by atoms with Gasteiger partial charge in [-0.15, -0.1) is 12.4 Å². The summed E-state index contributed by atoms with van der Waals surface area (Å²) < 4.78 is 5.79. The molecule has 1 saturated carbocycles. The predicted octanol–water partition coefficient (Wildman–Crippen LogP) is 2.50. The van der Waals surface area contributed by atoms with Crippen LogP contribution in [0.2, 0.25) is 0 Å². The second-order valence-electron chi connectivity index (χ2n) is 3.48. The molecule has 0 aliphatic heterocycles. The van der Waals surface area contributed by atoms with Crippen LogP contribution in [-0.2, 0) is 6.54 Å². The van der Waals surface area contributed by atoms with Crippen LogP contribution < -0.4 is 10.5 Å². The maximum absolute atomic E-state index is 5.79. The van der Waals surface area contributed by atoms with E-state index in [9.17, 15) is 0 Å². The second kappa shape index (κ2) is 5.23.